The number of nitro groups is 1. The molecule has 5 heteroatoms. The molecule has 1 aliphatic rings. The average Bonchev–Trinajstić information content (AvgIpc) is 2.46. The van der Waals surface area contributed by atoms with E-state index in [1.165, 1.54) is 0 Å². The van der Waals surface area contributed by atoms with Crippen LogP contribution in [0.3, 0.4) is 0 Å². The molecule has 0 aliphatic heterocycles. The molecule has 14 heavy (non-hydrogen) atoms. The number of benzene rings is 1. The fraction of sp³-hybridized carbons (Fsp3) is 0.222. The molecule has 0 fully saturated rings. The van der Waals surface area contributed by atoms with Crippen molar-refractivity contribution in [2.45, 2.75) is 12.8 Å². The first kappa shape index (κ1) is 8.80. The highest BCUT2D eigenvalue weighted by atomic mass is 19.1. The van der Waals surface area contributed by atoms with Crippen molar-refractivity contribution in [3.05, 3.63) is 39.2 Å². The Labute approximate surface area is 78.5 Å². The zero-order valence-corrected chi connectivity index (χ0v) is 7.12. The molecule has 0 saturated carbocycles. The second-order valence-corrected chi connectivity index (χ2v) is 3.14. The standard InChI is InChI=1S/C9H6FNO3/c10-7-4-6-5(1-2-9(6)12)3-8(7)11(13)14/h3-4H,1-2H2. The van der Waals surface area contributed by atoms with Crippen LogP contribution in [-0.4, -0.2) is 10.7 Å². The number of nitrogens with zero attached hydrogens (tertiary/aromatic N) is 1. The quantitative estimate of drug-likeness (QED) is 0.507. The molecule has 0 unspecified atom stereocenters. The van der Waals surface area contributed by atoms with Gasteiger partial charge in [0.2, 0.25) is 5.82 Å². The highest BCUT2D eigenvalue weighted by Crippen LogP contribution is 2.28. The van der Waals surface area contributed by atoms with E-state index in [4.69, 9.17) is 0 Å². The number of hydrogen-bond acceptors (Lipinski definition) is 3. The summed E-state index contributed by atoms with van der Waals surface area (Å²) in [5.74, 6) is -1.09. The van der Waals surface area contributed by atoms with Gasteiger partial charge in [-0.15, -0.1) is 0 Å². The lowest BCUT2D eigenvalue weighted by Gasteiger charge is -1.98. The van der Waals surface area contributed by atoms with Crippen molar-refractivity contribution < 1.29 is 14.1 Å². The van der Waals surface area contributed by atoms with Gasteiger partial charge in [-0.2, -0.15) is 4.39 Å². The van der Waals surface area contributed by atoms with Crippen molar-refractivity contribution in [1.82, 2.24) is 0 Å². The van der Waals surface area contributed by atoms with Crippen molar-refractivity contribution in [3.63, 3.8) is 0 Å². The molecule has 0 bridgehead atoms. The Hall–Kier alpha value is -1.78. The molecule has 1 aromatic carbocycles. The van der Waals surface area contributed by atoms with E-state index in [0.717, 1.165) is 12.1 Å². The van der Waals surface area contributed by atoms with Gasteiger partial charge in [0.05, 0.1) is 4.92 Å². The van der Waals surface area contributed by atoms with Crippen LogP contribution in [0.2, 0.25) is 0 Å². The van der Waals surface area contributed by atoms with Crippen LogP contribution in [0.25, 0.3) is 0 Å². The Morgan fingerprint density at radius 1 is 1.36 bits per heavy atom. The number of rotatable bonds is 1. The van der Waals surface area contributed by atoms with Gasteiger partial charge in [0, 0.05) is 18.1 Å². The van der Waals surface area contributed by atoms with Gasteiger partial charge in [0.15, 0.2) is 5.78 Å². The number of halogens is 1. The van der Waals surface area contributed by atoms with E-state index in [1.807, 2.05) is 0 Å². The topological polar surface area (TPSA) is 60.2 Å². The zero-order chi connectivity index (χ0) is 10.3. The van der Waals surface area contributed by atoms with Crippen molar-refractivity contribution in [3.8, 4) is 0 Å². The van der Waals surface area contributed by atoms with E-state index in [9.17, 15) is 19.3 Å². The maximum atomic E-state index is 13.1. The third-order valence-electron chi connectivity index (χ3n) is 2.29. The fourth-order valence-electron chi connectivity index (χ4n) is 1.59. The second-order valence-electron chi connectivity index (χ2n) is 3.14. The molecule has 0 aromatic heterocycles. The monoisotopic (exact) mass is 195 g/mol. The number of aryl methyl sites for hydroxylation is 1. The van der Waals surface area contributed by atoms with Crippen LogP contribution in [0.4, 0.5) is 10.1 Å². The summed E-state index contributed by atoms with van der Waals surface area (Å²) >= 11 is 0. The number of carbonyl (C=O) groups is 1. The number of hydrogen-bond donors (Lipinski definition) is 0. The summed E-state index contributed by atoms with van der Waals surface area (Å²) in [5, 5.41) is 10.4. The van der Waals surface area contributed by atoms with Gasteiger partial charge in [-0.3, -0.25) is 14.9 Å². The molecule has 4 nitrogen and oxygen atoms in total. The molecule has 1 aliphatic carbocycles. The van der Waals surface area contributed by atoms with Crippen LogP contribution in [-0.2, 0) is 6.42 Å². The molecule has 72 valence electrons. The SMILES string of the molecule is O=C1CCc2cc([N+](=O)[O-])c(F)cc21. The minimum Gasteiger partial charge on any atom is -0.294 e. The number of nitro benzene ring substituents is 1. The van der Waals surface area contributed by atoms with Crippen LogP contribution in [0.1, 0.15) is 22.3 Å². The van der Waals surface area contributed by atoms with E-state index in [1.54, 1.807) is 0 Å². The molecule has 0 heterocycles. The number of carbonyl (C=O) groups excluding carboxylic acids is 1. The third kappa shape index (κ3) is 1.17. The van der Waals surface area contributed by atoms with Crippen LogP contribution >= 0.6 is 0 Å². The van der Waals surface area contributed by atoms with Gasteiger partial charge in [-0.05, 0) is 18.1 Å². The predicted octanol–water partition coefficient (Wildman–Crippen LogP) is 1.86. The Bertz CT molecular complexity index is 442. The molecule has 0 amide bonds. The van der Waals surface area contributed by atoms with E-state index in [-0.39, 0.29) is 11.3 Å². The lowest BCUT2D eigenvalue weighted by molar-refractivity contribution is -0.387. The molecule has 0 spiro atoms. The maximum Gasteiger partial charge on any atom is 0.305 e. The Morgan fingerprint density at radius 2 is 2.07 bits per heavy atom. The summed E-state index contributed by atoms with van der Waals surface area (Å²) in [6, 6.07) is 2.11. The van der Waals surface area contributed by atoms with E-state index in [2.05, 4.69) is 0 Å². The summed E-state index contributed by atoms with van der Waals surface area (Å²) in [6.45, 7) is 0. The Kier molecular flexibility index (Phi) is 1.80. The summed E-state index contributed by atoms with van der Waals surface area (Å²) < 4.78 is 13.1. The number of Topliss-reactive ketones (excluding diaryl/α,β-unsaturated/α-hetero) is 1. The molecule has 1 aromatic rings. The zero-order valence-electron chi connectivity index (χ0n) is 7.12. The average molecular weight is 195 g/mol. The predicted molar refractivity (Wildman–Crippen MR) is 45.7 cm³/mol. The lowest BCUT2D eigenvalue weighted by Crippen LogP contribution is -1.97. The third-order valence-corrected chi connectivity index (χ3v) is 2.29. The molecular weight excluding hydrogens is 189 g/mol. The van der Waals surface area contributed by atoms with Crippen LogP contribution in [0.5, 0.6) is 0 Å². The summed E-state index contributed by atoms with van der Waals surface area (Å²) in [7, 11) is 0. The first-order valence-electron chi connectivity index (χ1n) is 4.09. The molecule has 0 atom stereocenters. The molecule has 0 saturated heterocycles. The van der Waals surface area contributed by atoms with Crippen molar-refractivity contribution in [2.75, 3.05) is 0 Å². The largest absolute Gasteiger partial charge is 0.305 e. The smallest absolute Gasteiger partial charge is 0.294 e. The van der Waals surface area contributed by atoms with Gasteiger partial charge in [-0.1, -0.05) is 0 Å². The van der Waals surface area contributed by atoms with Gasteiger partial charge in [0.25, 0.3) is 0 Å². The Balaban J connectivity index is 2.61. The summed E-state index contributed by atoms with van der Waals surface area (Å²) in [6.07, 6.45) is 0.783. The highest BCUT2D eigenvalue weighted by Gasteiger charge is 2.25. The van der Waals surface area contributed by atoms with Crippen LogP contribution < -0.4 is 0 Å². The first-order chi connectivity index (χ1) is 6.59. The minimum atomic E-state index is -0.941. The van der Waals surface area contributed by atoms with E-state index < -0.39 is 16.4 Å². The van der Waals surface area contributed by atoms with Gasteiger partial charge >= 0.3 is 5.69 Å². The van der Waals surface area contributed by atoms with E-state index >= 15 is 0 Å². The van der Waals surface area contributed by atoms with Crippen molar-refractivity contribution in [1.29, 1.82) is 0 Å². The Morgan fingerprint density at radius 3 is 2.71 bits per heavy atom. The van der Waals surface area contributed by atoms with Crippen molar-refractivity contribution >= 4 is 11.5 Å². The van der Waals surface area contributed by atoms with Gasteiger partial charge in [0.1, 0.15) is 0 Å². The number of fused-ring (bicyclic) bond motifs is 1. The molecule has 0 N–H and O–H groups in total. The summed E-state index contributed by atoms with van der Waals surface area (Å²) in [5.41, 5.74) is 0.301. The molecular formula is C9H6FNO3. The van der Waals surface area contributed by atoms with Crippen LogP contribution in [0.15, 0.2) is 12.1 Å². The van der Waals surface area contributed by atoms with Gasteiger partial charge in [-0.25, -0.2) is 0 Å². The second kappa shape index (κ2) is 2.87. The molecule has 2 rings (SSSR count). The minimum absolute atomic E-state index is 0.145. The van der Waals surface area contributed by atoms with Crippen molar-refractivity contribution in [2.24, 2.45) is 0 Å². The number of ketones is 1. The van der Waals surface area contributed by atoms with Crippen LogP contribution in [0, 0.1) is 15.9 Å². The lowest BCUT2D eigenvalue weighted by atomic mass is 10.1. The summed E-state index contributed by atoms with van der Waals surface area (Å²) in [4.78, 5) is 20.8. The normalized spacial score (nSPS) is 14.2. The first-order valence-corrected chi connectivity index (χ1v) is 4.09. The van der Waals surface area contributed by atoms with E-state index in [0.29, 0.717) is 18.4 Å². The molecule has 0 radical (unpaired) electrons. The highest BCUT2D eigenvalue weighted by molar-refractivity contribution is 6.00. The maximum absolute atomic E-state index is 13.1. The van der Waals surface area contributed by atoms with Gasteiger partial charge < -0.3 is 0 Å². The fourth-order valence-corrected chi connectivity index (χ4v) is 1.59.